The van der Waals surface area contributed by atoms with Crippen LogP contribution in [0.2, 0.25) is 0 Å². The van der Waals surface area contributed by atoms with E-state index in [2.05, 4.69) is 49.9 Å². The molecule has 3 aliphatic rings. The number of amidine groups is 1. The topological polar surface area (TPSA) is 66.7 Å². The van der Waals surface area contributed by atoms with E-state index in [0.29, 0.717) is 44.9 Å². The first-order valence-electron chi connectivity index (χ1n) is 12.8. The number of aliphatic imine (C=N–C) groups is 2. The normalized spacial score (nSPS) is 23.7. The van der Waals surface area contributed by atoms with Crippen molar-refractivity contribution in [3.05, 3.63) is 42.2 Å². The number of likely N-dealkylation sites (tertiary alicyclic amines) is 1. The van der Waals surface area contributed by atoms with E-state index in [1.807, 2.05) is 12.3 Å². The zero-order chi connectivity index (χ0) is 24.5. The molecule has 0 radical (unpaired) electrons. The highest BCUT2D eigenvalue weighted by atomic mass is 19.1. The molecule has 1 atom stereocenters. The van der Waals surface area contributed by atoms with Crippen molar-refractivity contribution in [3.63, 3.8) is 0 Å². The van der Waals surface area contributed by atoms with Gasteiger partial charge in [0.25, 0.3) is 0 Å². The van der Waals surface area contributed by atoms with Gasteiger partial charge >= 0.3 is 5.97 Å². The van der Waals surface area contributed by atoms with Crippen LogP contribution in [0.1, 0.15) is 51.4 Å². The molecule has 1 aliphatic carbocycles. The van der Waals surface area contributed by atoms with E-state index in [-0.39, 0.29) is 13.2 Å². The second-order valence-corrected chi connectivity index (χ2v) is 9.58. The Balaban J connectivity index is 1.49. The van der Waals surface area contributed by atoms with E-state index in [4.69, 9.17) is 9.73 Å². The fourth-order valence-electron chi connectivity index (χ4n) is 5.13. The summed E-state index contributed by atoms with van der Waals surface area (Å²) < 4.78 is 25.4. The lowest BCUT2D eigenvalue weighted by molar-refractivity contribution is -0.147. The first kappa shape index (κ1) is 25.4. The Morgan fingerprint density at radius 3 is 2.71 bits per heavy atom. The van der Waals surface area contributed by atoms with Crippen molar-refractivity contribution in [1.29, 1.82) is 0 Å². The van der Waals surface area contributed by atoms with Crippen molar-refractivity contribution >= 4 is 23.7 Å². The molecule has 0 aromatic heterocycles. The number of para-hydroxylation sites is 1. The van der Waals surface area contributed by atoms with Crippen LogP contribution >= 0.6 is 0 Å². The number of anilines is 1. The Hall–Kier alpha value is -2.74. The molecule has 0 spiro atoms. The van der Waals surface area contributed by atoms with Gasteiger partial charge in [-0.1, -0.05) is 37.5 Å². The van der Waals surface area contributed by atoms with Crippen LogP contribution in [0.4, 0.5) is 10.1 Å². The number of hydrogen-bond donors (Lipinski definition) is 0. The summed E-state index contributed by atoms with van der Waals surface area (Å²) in [6.45, 7) is 1.46. The van der Waals surface area contributed by atoms with E-state index >= 15 is 4.39 Å². The highest BCUT2D eigenvalue weighted by Crippen LogP contribution is 2.32. The smallest absolute Gasteiger partial charge is 0.331 e. The standard InChI is InChI=1S/C27H37FN4O3/c1-34-26(33)20-35-21-27(28)14-8-17-31(18-15-27)25-19-29-16-13-24(30-25)32(22-9-4-2-5-10-22)23-11-6-3-7-12-23/h2,4-5,9-10,13,19,23H,3,6-8,11-12,14-18,20-21H2,1H3. The summed E-state index contributed by atoms with van der Waals surface area (Å²) in [5, 5.41) is 0. The molecule has 0 N–H and O–H groups in total. The number of nitrogens with zero attached hydrogens (tertiary/aromatic N) is 4. The SMILES string of the molecule is COC(=O)COCC1(F)CCCN(C2=NC(N(c3ccccc3)C3CCCCC3)=CCN=C2)CC1. The number of methoxy groups -OCH3 is 1. The van der Waals surface area contributed by atoms with Crippen LogP contribution in [-0.2, 0) is 14.3 Å². The molecule has 190 valence electrons. The van der Waals surface area contributed by atoms with E-state index < -0.39 is 11.6 Å². The zero-order valence-electron chi connectivity index (χ0n) is 20.7. The van der Waals surface area contributed by atoms with Crippen molar-refractivity contribution in [3.8, 4) is 0 Å². The lowest BCUT2D eigenvalue weighted by Gasteiger charge is -2.36. The Kier molecular flexibility index (Phi) is 8.90. The molecular weight excluding hydrogens is 447 g/mol. The minimum atomic E-state index is -1.47. The van der Waals surface area contributed by atoms with E-state index in [1.54, 1.807) is 0 Å². The van der Waals surface area contributed by atoms with Crippen LogP contribution < -0.4 is 4.90 Å². The van der Waals surface area contributed by atoms with Gasteiger partial charge in [0.15, 0.2) is 0 Å². The molecule has 8 heteroatoms. The van der Waals surface area contributed by atoms with Crippen LogP contribution in [0.15, 0.2) is 52.2 Å². The van der Waals surface area contributed by atoms with Gasteiger partial charge in [-0.05, 0) is 43.9 Å². The summed E-state index contributed by atoms with van der Waals surface area (Å²) in [4.78, 5) is 25.5. The number of hydrogen-bond acceptors (Lipinski definition) is 7. The van der Waals surface area contributed by atoms with Crippen molar-refractivity contribution in [1.82, 2.24) is 4.90 Å². The van der Waals surface area contributed by atoms with Crippen molar-refractivity contribution in [2.45, 2.75) is 63.1 Å². The minimum absolute atomic E-state index is 0.106. The van der Waals surface area contributed by atoms with Crippen LogP contribution in [0.5, 0.6) is 0 Å². The summed E-state index contributed by atoms with van der Waals surface area (Å²) in [7, 11) is 1.30. The van der Waals surface area contributed by atoms with Crippen molar-refractivity contribution < 1.29 is 18.7 Å². The Morgan fingerprint density at radius 2 is 1.94 bits per heavy atom. The third-order valence-corrected chi connectivity index (χ3v) is 7.05. The second-order valence-electron chi connectivity index (χ2n) is 9.58. The number of esters is 1. The summed E-state index contributed by atoms with van der Waals surface area (Å²) in [6.07, 6.45) is 11.4. The molecule has 7 nitrogen and oxygen atoms in total. The molecule has 2 heterocycles. The number of halogens is 1. The number of alkyl halides is 1. The number of carbonyl (C=O) groups excluding carboxylic acids is 1. The first-order valence-corrected chi connectivity index (χ1v) is 12.8. The third kappa shape index (κ3) is 6.90. The van der Waals surface area contributed by atoms with Crippen molar-refractivity contribution in [2.75, 3.05) is 44.9 Å². The van der Waals surface area contributed by atoms with Gasteiger partial charge in [-0.3, -0.25) is 4.99 Å². The van der Waals surface area contributed by atoms with Crippen LogP contribution in [0, 0.1) is 0 Å². The molecule has 1 saturated heterocycles. The average molecular weight is 485 g/mol. The van der Waals surface area contributed by atoms with Gasteiger partial charge in [0, 0.05) is 31.2 Å². The van der Waals surface area contributed by atoms with E-state index in [0.717, 1.165) is 30.2 Å². The lowest BCUT2D eigenvalue weighted by atomic mass is 9.93. The van der Waals surface area contributed by atoms with Gasteiger partial charge < -0.3 is 19.3 Å². The zero-order valence-corrected chi connectivity index (χ0v) is 20.7. The Morgan fingerprint density at radius 1 is 1.14 bits per heavy atom. The summed E-state index contributed by atoms with van der Waals surface area (Å²) >= 11 is 0. The molecule has 1 aromatic carbocycles. The summed E-state index contributed by atoms with van der Waals surface area (Å²) in [5.41, 5.74) is -0.320. The van der Waals surface area contributed by atoms with Crippen LogP contribution in [0.3, 0.4) is 0 Å². The first-order chi connectivity index (χ1) is 17.1. The van der Waals surface area contributed by atoms with E-state index in [9.17, 15) is 4.79 Å². The molecule has 0 amide bonds. The molecule has 1 aromatic rings. The monoisotopic (exact) mass is 484 g/mol. The fraction of sp³-hybridized carbons (Fsp3) is 0.593. The van der Waals surface area contributed by atoms with Gasteiger partial charge in [0.1, 0.15) is 23.9 Å². The number of rotatable bonds is 7. The molecule has 2 aliphatic heterocycles. The Bertz CT molecular complexity index is 930. The molecular formula is C27H37FN4O3. The summed E-state index contributed by atoms with van der Waals surface area (Å²) in [6, 6.07) is 10.9. The van der Waals surface area contributed by atoms with Gasteiger partial charge in [0.05, 0.1) is 26.5 Å². The molecule has 2 fully saturated rings. The summed E-state index contributed by atoms with van der Waals surface area (Å²) in [5.74, 6) is 1.21. The predicted molar refractivity (Wildman–Crippen MR) is 137 cm³/mol. The maximum Gasteiger partial charge on any atom is 0.331 e. The molecule has 4 rings (SSSR count). The molecule has 0 bridgehead atoms. The van der Waals surface area contributed by atoms with Gasteiger partial charge in [-0.15, -0.1) is 0 Å². The van der Waals surface area contributed by atoms with E-state index in [1.165, 1.54) is 26.4 Å². The minimum Gasteiger partial charge on any atom is -0.467 e. The lowest BCUT2D eigenvalue weighted by Crippen LogP contribution is -2.38. The van der Waals surface area contributed by atoms with Gasteiger partial charge in [-0.25, -0.2) is 14.2 Å². The number of ether oxygens (including phenoxy) is 2. The maximum atomic E-state index is 15.5. The van der Waals surface area contributed by atoms with Crippen molar-refractivity contribution in [2.24, 2.45) is 9.98 Å². The van der Waals surface area contributed by atoms with Crippen LogP contribution in [0.25, 0.3) is 0 Å². The number of carbonyl (C=O) groups is 1. The predicted octanol–water partition coefficient (Wildman–Crippen LogP) is 4.53. The van der Waals surface area contributed by atoms with Gasteiger partial charge in [-0.2, -0.15) is 0 Å². The maximum absolute atomic E-state index is 15.5. The average Bonchev–Trinajstić information content (AvgIpc) is 3.24. The fourth-order valence-corrected chi connectivity index (χ4v) is 5.13. The Labute approximate surface area is 207 Å². The second kappa shape index (κ2) is 12.3. The largest absolute Gasteiger partial charge is 0.467 e. The quantitative estimate of drug-likeness (QED) is 0.532. The van der Waals surface area contributed by atoms with Gasteiger partial charge in [0.2, 0.25) is 0 Å². The number of benzene rings is 1. The highest BCUT2D eigenvalue weighted by Gasteiger charge is 2.34. The molecule has 1 unspecified atom stereocenters. The highest BCUT2D eigenvalue weighted by molar-refractivity contribution is 6.29. The molecule has 35 heavy (non-hydrogen) atoms. The molecule has 1 saturated carbocycles. The van der Waals surface area contributed by atoms with Crippen LogP contribution in [-0.4, -0.2) is 74.6 Å². The third-order valence-electron chi connectivity index (χ3n) is 7.05.